The molecule has 0 saturated carbocycles. The molecule has 1 saturated heterocycles. The van der Waals surface area contributed by atoms with Crippen LogP contribution >= 0.6 is 23.1 Å². The Morgan fingerprint density at radius 3 is 2.64 bits per heavy atom. The van der Waals surface area contributed by atoms with Gasteiger partial charge in [-0.2, -0.15) is 11.8 Å². The number of benzene rings is 2. The van der Waals surface area contributed by atoms with Crippen molar-refractivity contribution in [1.82, 2.24) is 15.1 Å². The summed E-state index contributed by atoms with van der Waals surface area (Å²) >= 11 is 3.83. The number of ether oxygens (including phenoxy) is 1. The molecule has 3 aromatic rings. The SMILES string of the molecule is COc1cccc2cc(C(=O)NCCN3CCN(CCSCc4cccs4)CC3)c(O)cc12. The molecule has 8 heteroatoms. The molecule has 0 bridgehead atoms. The van der Waals surface area contributed by atoms with E-state index in [4.69, 9.17) is 4.74 Å². The van der Waals surface area contributed by atoms with Gasteiger partial charge in [-0.15, -0.1) is 11.3 Å². The first-order valence-electron chi connectivity index (χ1n) is 11.3. The topological polar surface area (TPSA) is 65.0 Å². The Labute approximate surface area is 203 Å². The minimum Gasteiger partial charge on any atom is -0.507 e. The number of thioether (sulfide) groups is 1. The molecule has 4 rings (SSSR count). The van der Waals surface area contributed by atoms with Crippen LogP contribution in [0.2, 0.25) is 0 Å². The molecule has 1 amide bonds. The zero-order chi connectivity index (χ0) is 23.0. The summed E-state index contributed by atoms with van der Waals surface area (Å²) < 4.78 is 5.34. The largest absolute Gasteiger partial charge is 0.507 e. The number of carbonyl (C=O) groups is 1. The number of amides is 1. The van der Waals surface area contributed by atoms with Crippen LogP contribution in [0.15, 0.2) is 47.8 Å². The van der Waals surface area contributed by atoms with E-state index in [1.807, 2.05) is 41.3 Å². The lowest BCUT2D eigenvalue weighted by Crippen LogP contribution is -2.48. The number of fused-ring (bicyclic) bond motifs is 1. The number of hydrogen-bond donors (Lipinski definition) is 2. The molecule has 1 aromatic heterocycles. The molecule has 0 unspecified atom stereocenters. The van der Waals surface area contributed by atoms with Crippen molar-refractivity contribution >= 4 is 39.8 Å². The number of phenols is 1. The number of aromatic hydroxyl groups is 1. The Morgan fingerprint density at radius 2 is 1.91 bits per heavy atom. The highest BCUT2D eigenvalue weighted by Gasteiger charge is 2.18. The van der Waals surface area contributed by atoms with Crippen LogP contribution in [0.5, 0.6) is 11.5 Å². The Balaban J connectivity index is 1.17. The van der Waals surface area contributed by atoms with Crippen molar-refractivity contribution in [3.8, 4) is 11.5 Å². The highest BCUT2D eigenvalue weighted by Crippen LogP contribution is 2.31. The number of nitrogens with one attached hydrogen (secondary N) is 1. The quantitative estimate of drug-likeness (QED) is 0.425. The molecule has 2 N–H and O–H groups in total. The number of thiophene rings is 1. The maximum Gasteiger partial charge on any atom is 0.255 e. The van der Waals surface area contributed by atoms with E-state index in [-0.39, 0.29) is 11.7 Å². The third kappa shape index (κ3) is 6.41. The number of methoxy groups -OCH3 is 1. The molecule has 0 atom stereocenters. The molecule has 0 radical (unpaired) electrons. The molecule has 33 heavy (non-hydrogen) atoms. The Hall–Kier alpha value is -2.26. The molecule has 2 heterocycles. The Kier molecular flexibility index (Phi) is 8.50. The third-order valence-electron chi connectivity index (χ3n) is 5.98. The zero-order valence-corrected chi connectivity index (χ0v) is 20.6. The van der Waals surface area contributed by atoms with Crippen LogP contribution in [0, 0.1) is 0 Å². The molecule has 0 spiro atoms. The van der Waals surface area contributed by atoms with Crippen LogP contribution in [-0.4, -0.2) is 79.5 Å². The number of rotatable bonds is 10. The van der Waals surface area contributed by atoms with Gasteiger partial charge in [-0.3, -0.25) is 14.6 Å². The van der Waals surface area contributed by atoms with Crippen molar-refractivity contribution in [2.24, 2.45) is 0 Å². The predicted octanol–water partition coefficient (Wildman–Crippen LogP) is 3.90. The third-order valence-corrected chi connectivity index (χ3v) is 8.02. The molecular formula is C25H31N3O3S2. The predicted molar refractivity (Wildman–Crippen MR) is 138 cm³/mol. The average molecular weight is 486 g/mol. The lowest BCUT2D eigenvalue weighted by atomic mass is 10.0. The van der Waals surface area contributed by atoms with E-state index < -0.39 is 0 Å². The van der Waals surface area contributed by atoms with Gasteiger partial charge in [0.2, 0.25) is 0 Å². The smallest absolute Gasteiger partial charge is 0.255 e. The van der Waals surface area contributed by atoms with Crippen molar-refractivity contribution in [3.63, 3.8) is 0 Å². The summed E-state index contributed by atoms with van der Waals surface area (Å²) in [6.07, 6.45) is 0. The maximum absolute atomic E-state index is 12.7. The molecule has 6 nitrogen and oxygen atoms in total. The minimum atomic E-state index is -0.251. The van der Waals surface area contributed by atoms with E-state index >= 15 is 0 Å². The Bertz CT molecular complexity index is 1050. The molecule has 0 aliphatic carbocycles. The van der Waals surface area contributed by atoms with Crippen molar-refractivity contribution in [1.29, 1.82) is 0 Å². The fourth-order valence-corrected chi connectivity index (χ4v) is 5.91. The Morgan fingerprint density at radius 1 is 1.12 bits per heavy atom. The van der Waals surface area contributed by atoms with Crippen LogP contribution in [0.25, 0.3) is 10.8 Å². The standard InChI is InChI=1S/C25H31N3O3S2/c1-31-24-6-2-4-19-16-22(23(29)17-21(19)24)25(30)26-7-8-27-9-11-28(12-10-27)13-15-32-18-20-5-3-14-33-20/h2-6,14,16-17,29H,7-13,15,18H2,1H3,(H,26,30). The van der Waals surface area contributed by atoms with Gasteiger partial charge >= 0.3 is 0 Å². The zero-order valence-electron chi connectivity index (χ0n) is 19.0. The average Bonchev–Trinajstić information content (AvgIpc) is 3.35. The van der Waals surface area contributed by atoms with Gasteiger partial charge in [-0.25, -0.2) is 0 Å². The summed E-state index contributed by atoms with van der Waals surface area (Å²) in [6, 6.07) is 13.3. The van der Waals surface area contributed by atoms with Crippen LogP contribution in [-0.2, 0) is 5.75 Å². The monoisotopic (exact) mass is 485 g/mol. The minimum absolute atomic E-state index is 0.0323. The van der Waals surface area contributed by atoms with E-state index in [9.17, 15) is 9.90 Å². The van der Waals surface area contributed by atoms with E-state index in [0.29, 0.717) is 17.9 Å². The summed E-state index contributed by atoms with van der Waals surface area (Å²) in [5.41, 5.74) is 0.292. The van der Waals surface area contributed by atoms with E-state index in [2.05, 4.69) is 32.6 Å². The summed E-state index contributed by atoms with van der Waals surface area (Å²) in [5.74, 6) is 2.66. The lowest BCUT2D eigenvalue weighted by Gasteiger charge is -2.34. The van der Waals surface area contributed by atoms with Crippen LogP contribution in [0.3, 0.4) is 0 Å². The van der Waals surface area contributed by atoms with E-state index in [1.165, 1.54) is 4.88 Å². The number of carbonyl (C=O) groups excluding carboxylic acids is 1. The fourth-order valence-electron chi connectivity index (χ4n) is 4.07. The molecule has 176 valence electrons. The normalized spacial score (nSPS) is 15.1. The van der Waals surface area contributed by atoms with Gasteiger partial charge in [0.1, 0.15) is 11.5 Å². The van der Waals surface area contributed by atoms with Gasteiger partial charge in [-0.05, 0) is 35.0 Å². The van der Waals surface area contributed by atoms with Gasteiger partial charge < -0.3 is 15.2 Å². The number of phenolic OH excluding ortho intramolecular Hbond substituents is 1. The first-order chi connectivity index (χ1) is 16.1. The molecule has 1 aliphatic heterocycles. The molecule has 2 aromatic carbocycles. The van der Waals surface area contributed by atoms with Crippen molar-refractivity contribution in [3.05, 3.63) is 58.3 Å². The van der Waals surface area contributed by atoms with Crippen LogP contribution < -0.4 is 10.1 Å². The number of nitrogens with zero attached hydrogens (tertiary/aromatic N) is 2. The first-order valence-corrected chi connectivity index (χ1v) is 13.3. The van der Waals surface area contributed by atoms with Gasteiger partial charge in [0, 0.05) is 67.6 Å². The summed E-state index contributed by atoms with van der Waals surface area (Å²) in [4.78, 5) is 19.0. The second kappa shape index (κ2) is 11.7. The molecule has 1 fully saturated rings. The van der Waals surface area contributed by atoms with Gasteiger partial charge in [0.05, 0.1) is 12.7 Å². The summed E-state index contributed by atoms with van der Waals surface area (Å²) in [7, 11) is 1.59. The lowest BCUT2D eigenvalue weighted by molar-refractivity contribution is 0.0935. The summed E-state index contributed by atoms with van der Waals surface area (Å²) in [6.45, 7) is 6.69. The fraction of sp³-hybridized carbons (Fsp3) is 0.400. The van der Waals surface area contributed by atoms with Crippen molar-refractivity contribution < 1.29 is 14.6 Å². The first kappa shape index (κ1) is 23.9. The number of piperazine rings is 1. The second-order valence-electron chi connectivity index (χ2n) is 8.12. The summed E-state index contributed by atoms with van der Waals surface area (Å²) in [5, 5.41) is 17.1. The van der Waals surface area contributed by atoms with E-state index in [0.717, 1.165) is 61.5 Å². The van der Waals surface area contributed by atoms with Gasteiger partial charge in [-0.1, -0.05) is 18.2 Å². The second-order valence-corrected chi connectivity index (χ2v) is 10.3. The van der Waals surface area contributed by atoms with Crippen LogP contribution in [0.4, 0.5) is 0 Å². The van der Waals surface area contributed by atoms with Gasteiger partial charge in [0.15, 0.2) is 0 Å². The van der Waals surface area contributed by atoms with Gasteiger partial charge in [0.25, 0.3) is 5.91 Å². The molecule has 1 aliphatic rings. The van der Waals surface area contributed by atoms with Crippen molar-refractivity contribution in [2.75, 3.05) is 58.7 Å². The number of hydrogen-bond acceptors (Lipinski definition) is 7. The van der Waals surface area contributed by atoms with Crippen LogP contribution in [0.1, 0.15) is 15.2 Å². The van der Waals surface area contributed by atoms with E-state index in [1.54, 1.807) is 19.2 Å². The van der Waals surface area contributed by atoms with Crippen molar-refractivity contribution in [2.45, 2.75) is 5.75 Å². The highest BCUT2D eigenvalue weighted by molar-refractivity contribution is 7.98. The highest BCUT2D eigenvalue weighted by atomic mass is 32.2. The maximum atomic E-state index is 12.7. The molecular weight excluding hydrogens is 454 g/mol.